The maximum Gasteiger partial charge on any atom is 0.357 e. The van der Waals surface area contributed by atoms with E-state index in [1.54, 1.807) is 38.3 Å². The lowest BCUT2D eigenvalue weighted by Gasteiger charge is -2.03. The molecule has 88 valence electrons. The van der Waals surface area contributed by atoms with Crippen LogP contribution < -0.4 is 0 Å². The Labute approximate surface area is 98.5 Å². The van der Waals surface area contributed by atoms with Crippen molar-refractivity contribution in [3.8, 4) is 11.5 Å². The van der Waals surface area contributed by atoms with Crippen molar-refractivity contribution in [3.63, 3.8) is 0 Å². The SMILES string of the molecule is CCOC(=O)c1cc(-c2ccco2)nc(C)n1. The maximum absolute atomic E-state index is 11.6. The van der Waals surface area contributed by atoms with E-state index in [-0.39, 0.29) is 5.69 Å². The van der Waals surface area contributed by atoms with Crippen molar-refractivity contribution >= 4 is 5.97 Å². The molecule has 0 N–H and O–H groups in total. The van der Waals surface area contributed by atoms with Gasteiger partial charge in [0, 0.05) is 6.07 Å². The monoisotopic (exact) mass is 232 g/mol. The third-order valence-electron chi connectivity index (χ3n) is 2.10. The highest BCUT2D eigenvalue weighted by atomic mass is 16.5. The fraction of sp³-hybridized carbons (Fsp3) is 0.250. The van der Waals surface area contributed by atoms with Crippen LogP contribution in [0.4, 0.5) is 0 Å². The molecule has 0 radical (unpaired) electrons. The predicted octanol–water partition coefficient (Wildman–Crippen LogP) is 2.22. The molecular formula is C12H12N2O3. The quantitative estimate of drug-likeness (QED) is 0.759. The number of nitrogens with zero attached hydrogens (tertiary/aromatic N) is 2. The first kappa shape index (κ1) is 11.3. The number of esters is 1. The molecule has 0 aliphatic rings. The Bertz CT molecular complexity index is 521. The standard InChI is InChI=1S/C12H12N2O3/c1-3-16-12(15)10-7-9(13-8(2)14-10)11-5-4-6-17-11/h4-7H,3H2,1-2H3. The molecule has 0 saturated carbocycles. The first-order valence-electron chi connectivity index (χ1n) is 5.27. The molecule has 0 spiro atoms. The zero-order valence-corrected chi connectivity index (χ0v) is 9.64. The number of hydrogen-bond donors (Lipinski definition) is 0. The van der Waals surface area contributed by atoms with Crippen LogP contribution in [0.2, 0.25) is 0 Å². The lowest BCUT2D eigenvalue weighted by Crippen LogP contribution is -2.09. The molecule has 0 fully saturated rings. The molecule has 0 amide bonds. The van der Waals surface area contributed by atoms with Gasteiger partial charge in [0.15, 0.2) is 11.5 Å². The van der Waals surface area contributed by atoms with Gasteiger partial charge < -0.3 is 9.15 Å². The van der Waals surface area contributed by atoms with Crippen molar-refractivity contribution in [1.29, 1.82) is 0 Å². The van der Waals surface area contributed by atoms with E-state index in [0.29, 0.717) is 23.9 Å². The molecule has 2 heterocycles. The minimum atomic E-state index is -0.453. The summed E-state index contributed by atoms with van der Waals surface area (Å²) in [6.07, 6.45) is 1.55. The van der Waals surface area contributed by atoms with Gasteiger partial charge in [0.2, 0.25) is 0 Å². The van der Waals surface area contributed by atoms with E-state index in [9.17, 15) is 4.79 Å². The van der Waals surface area contributed by atoms with Crippen molar-refractivity contribution in [3.05, 3.63) is 36.0 Å². The molecule has 0 aliphatic heterocycles. The van der Waals surface area contributed by atoms with Crippen LogP contribution in [0, 0.1) is 6.92 Å². The fourth-order valence-electron chi connectivity index (χ4n) is 1.43. The number of furan rings is 1. The highest BCUT2D eigenvalue weighted by Crippen LogP contribution is 2.18. The molecular weight excluding hydrogens is 220 g/mol. The van der Waals surface area contributed by atoms with E-state index in [2.05, 4.69) is 9.97 Å². The Morgan fingerprint density at radius 1 is 1.47 bits per heavy atom. The minimum Gasteiger partial charge on any atom is -0.463 e. The number of rotatable bonds is 3. The molecule has 0 aliphatic carbocycles. The molecule has 0 aromatic carbocycles. The van der Waals surface area contributed by atoms with Crippen LogP contribution in [-0.4, -0.2) is 22.5 Å². The average Bonchev–Trinajstić information content (AvgIpc) is 2.82. The van der Waals surface area contributed by atoms with Gasteiger partial charge in [-0.25, -0.2) is 14.8 Å². The lowest BCUT2D eigenvalue weighted by molar-refractivity contribution is 0.0519. The Morgan fingerprint density at radius 3 is 2.94 bits per heavy atom. The molecule has 2 aromatic rings. The highest BCUT2D eigenvalue weighted by Gasteiger charge is 2.13. The summed E-state index contributed by atoms with van der Waals surface area (Å²) in [6.45, 7) is 3.78. The minimum absolute atomic E-state index is 0.241. The molecule has 2 rings (SSSR count). The molecule has 0 bridgehead atoms. The van der Waals surface area contributed by atoms with Crippen LogP contribution >= 0.6 is 0 Å². The van der Waals surface area contributed by atoms with Crippen LogP contribution in [0.25, 0.3) is 11.5 Å². The van der Waals surface area contributed by atoms with Gasteiger partial charge in [-0.15, -0.1) is 0 Å². The first-order valence-corrected chi connectivity index (χ1v) is 5.27. The highest BCUT2D eigenvalue weighted by molar-refractivity contribution is 5.88. The van der Waals surface area contributed by atoms with E-state index in [1.807, 2.05) is 0 Å². The normalized spacial score (nSPS) is 10.2. The zero-order chi connectivity index (χ0) is 12.3. The summed E-state index contributed by atoms with van der Waals surface area (Å²) < 4.78 is 10.1. The summed E-state index contributed by atoms with van der Waals surface area (Å²) in [5.41, 5.74) is 0.816. The van der Waals surface area contributed by atoms with E-state index in [0.717, 1.165) is 0 Å². The van der Waals surface area contributed by atoms with Crippen LogP contribution in [0.1, 0.15) is 23.2 Å². The molecule has 17 heavy (non-hydrogen) atoms. The van der Waals surface area contributed by atoms with Gasteiger partial charge in [0.1, 0.15) is 11.5 Å². The second kappa shape index (κ2) is 4.78. The van der Waals surface area contributed by atoms with Gasteiger partial charge in [-0.2, -0.15) is 0 Å². The van der Waals surface area contributed by atoms with E-state index in [1.165, 1.54) is 0 Å². The van der Waals surface area contributed by atoms with Gasteiger partial charge in [0.25, 0.3) is 0 Å². The van der Waals surface area contributed by atoms with Gasteiger partial charge in [-0.05, 0) is 26.0 Å². The van der Waals surface area contributed by atoms with Crippen molar-refractivity contribution in [2.24, 2.45) is 0 Å². The Balaban J connectivity index is 2.39. The summed E-state index contributed by atoms with van der Waals surface area (Å²) >= 11 is 0. The Hall–Kier alpha value is -2.17. The van der Waals surface area contributed by atoms with Crippen molar-refractivity contribution < 1.29 is 13.9 Å². The van der Waals surface area contributed by atoms with E-state index >= 15 is 0 Å². The fourth-order valence-corrected chi connectivity index (χ4v) is 1.43. The molecule has 2 aromatic heterocycles. The van der Waals surface area contributed by atoms with Gasteiger partial charge in [-0.3, -0.25) is 0 Å². The van der Waals surface area contributed by atoms with Crippen LogP contribution in [0.3, 0.4) is 0 Å². The predicted molar refractivity (Wildman–Crippen MR) is 60.4 cm³/mol. The van der Waals surface area contributed by atoms with Crippen molar-refractivity contribution in [1.82, 2.24) is 9.97 Å². The summed E-state index contributed by atoms with van der Waals surface area (Å²) in [5.74, 6) is 0.647. The first-order chi connectivity index (χ1) is 8.20. The largest absolute Gasteiger partial charge is 0.463 e. The molecule has 0 unspecified atom stereocenters. The average molecular weight is 232 g/mol. The van der Waals surface area contributed by atoms with E-state index < -0.39 is 5.97 Å². The second-order valence-electron chi connectivity index (χ2n) is 3.38. The summed E-state index contributed by atoms with van der Waals surface area (Å²) in [7, 11) is 0. The van der Waals surface area contributed by atoms with Crippen LogP contribution in [0.15, 0.2) is 28.9 Å². The number of carbonyl (C=O) groups excluding carboxylic acids is 1. The van der Waals surface area contributed by atoms with Crippen LogP contribution in [0.5, 0.6) is 0 Å². The number of hydrogen-bond acceptors (Lipinski definition) is 5. The maximum atomic E-state index is 11.6. The van der Waals surface area contributed by atoms with E-state index in [4.69, 9.17) is 9.15 Å². The molecule has 0 saturated heterocycles. The number of carbonyl (C=O) groups is 1. The Kier molecular flexibility index (Phi) is 3.18. The number of ether oxygens (including phenoxy) is 1. The Morgan fingerprint density at radius 2 is 2.29 bits per heavy atom. The second-order valence-corrected chi connectivity index (χ2v) is 3.38. The number of aryl methyl sites for hydroxylation is 1. The summed E-state index contributed by atoms with van der Waals surface area (Å²) in [4.78, 5) is 19.8. The molecule has 0 atom stereocenters. The van der Waals surface area contributed by atoms with Crippen LogP contribution in [-0.2, 0) is 4.74 Å². The lowest BCUT2D eigenvalue weighted by atomic mass is 10.2. The van der Waals surface area contributed by atoms with Gasteiger partial charge >= 0.3 is 5.97 Å². The molecule has 5 nitrogen and oxygen atoms in total. The third kappa shape index (κ3) is 2.50. The summed E-state index contributed by atoms with van der Waals surface area (Å²) in [5, 5.41) is 0. The van der Waals surface area contributed by atoms with Crippen molar-refractivity contribution in [2.75, 3.05) is 6.61 Å². The third-order valence-corrected chi connectivity index (χ3v) is 2.10. The zero-order valence-electron chi connectivity index (χ0n) is 9.64. The summed E-state index contributed by atoms with van der Waals surface area (Å²) in [6, 6.07) is 5.09. The smallest absolute Gasteiger partial charge is 0.357 e. The van der Waals surface area contributed by atoms with Gasteiger partial charge in [0.05, 0.1) is 12.9 Å². The molecule has 5 heteroatoms. The van der Waals surface area contributed by atoms with Crippen molar-refractivity contribution in [2.45, 2.75) is 13.8 Å². The topological polar surface area (TPSA) is 65.2 Å². The van der Waals surface area contributed by atoms with Gasteiger partial charge in [-0.1, -0.05) is 0 Å². The number of aromatic nitrogens is 2.